The summed E-state index contributed by atoms with van der Waals surface area (Å²) in [6.45, 7) is 4.77. The Morgan fingerprint density at radius 2 is 1.81 bits per heavy atom. The largest absolute Gasteiger partial charge is 0.353 e. The topological polar surface area (TPSA) is 72.2 Å². The second-order valence-corrected chi connectivity index (χ2v) is 8.11. The zero-order valence-electron chi connectivity index (χ0n) is 18.6. The van der Waals surface area contributed by atoms with Crippen LogP contribution in [0.15, 0.2) is 65.6 Å². The van der Waals surface area contributed by atoms with Crippen LogP contribution < -0.4 is 10.9 Å². The third-order valence-corrected chi connectivity index (χ3v) is 5.62. The number of nitrogens with zero attached hydrogens (tertiary/aromatic N) is 4. The van der Waals surface area contributed by atoms with E-state index in [0.29, 0.717) is 18.6 Å². The number of hydrogen-bond donors (Lipinski definition) is 1. The van der Waals surface area contributed by atoms with Crippen molar-refractivity contribution < 1.29 is 4.79 Å². The molecule has 166 valence electrons. The normalized spacial score (nSPS) is 11.5. The number of benzene rings is 2. The number of carbonyl (C=O) groups excluding carboxylic acids is 1. The maximum Gasteiger partial charge on any atom is 0.291 e. The third-order valence-electron chi connectivity index (χ3n) is 5.62. The van der Waals surface area contributed by atoms with Crippen molar-refractivity contribution in [2.24, 2.45) is 0 Å². The van der Waals surface area contributed by atoms with Crippen LogP contribution in [0, 0.1) is 0 Å². The Kier molecular flexibility index (Phi) is 6.66. The third kappa shape index (κ3) is 4.57. The fourth-order valence-electron chi connectivity index (χ4n) is 4.11. The second-order valence-electron chi connectivity index (χ2n) is 8.11. The lowest BCUT2D eigenvalue weighted by atomic mass is 10.2. The summed E-state index contributed by atoms with van der Waals surface area (Å²) in [5.74, 6) is -0.217. The van der Waals surface area contributed by atoms with E-state index in [1.165, 1.54) is 10.2 Å². The van der Waals surface area contributed by atoms with Crippen molar-refractivity contribution in [1.29, 1.82) is 0 Å². The van der Waals surface area contributed by atoms with E-state index in [9.17, 15) is 9.59 Å². The lowest BCUT2D eigenvalue weighted by Gasteiger charge is -2.17. The molecule has 2 aromatic heterocycles. The Morgan fingerprint density at radius 1 is 1.06 bits per heavy atom. The van der Waals surface area contributed by atoms with Gasteiger partial charge in [0.2, 0.25) is 5.91 Å². The highest BCUT2D eigenvalue weighted by Gasteiger charge is 2.16. The van der Waals surface area contributed by atoms with Gasteiger partial charge in [0.1, 0.15) is 12.1 Å². The second kappa shape index (κ2) is 9.78. The van der Waals surface area contributed by atoms with E-state index in [1.807, 2.05) is 54.1 Å². The fourth-order valence-corrected chi connectivity index (χ4v) is 4.11. The van der Waals surface area contributed by atoms with E-state index in [-0.39, 0.29) is 18.0 Å². The molecule has 0 fully saturated rings. The average molecular weight is 432 g/mol. The molecule has 2 heterocycles. The van der Waals surface area contributed by atoms with Crippen molar-refractivity contribution in [3.8, 4) is 0 Å². The van der Waals surface area contributed by atoms with Gasteiger partial charge in [-0.2, -0.15) is 5.10 Å². The van der Waals surface area contributed by atoms with Crippen molar-refractivity contribution in [2.45, 2.75) is 33.0 Å². The SMILES string of the molecule is CCCn1c2ccccc2c2cnn(CC(=O)NCCN(C)Cc3ccccc3)c(=O)c21. The summed E-state index contributed by atoms with van der Waals surface area (Å²) < 4.78 is 3.30. The summed E-state index contributed by atoms with van der Waals surface area (Å²) in [6, 6.07) is 18.2. The quantitative estimate of drug-likeness (QED) is 0.442. The van der Waals surface area contributed by atoms with Crippen LogP contribution in [0.5, 0.6) is 0 Å². The number of aromatic nitrogens is 3. The lowest BCUT2D eigenvalue weighted by Crippen LogP contribution is -2.37. The first-order valence-corrected chi connectivity index (χ1v) is 11.0. The molecule has 0 radical (unpaired) electrons. The molecule has 32 heavy (non-hydrogen) atoms. The number of likely N-dealkylation sites (N-methyl/N-ethyl adjacent to an activating group) is 1. The molecule has 0 saturated heterocycles. The molecule has 0 saturated carbocycles. The summed E-state index contributed by atoms with van der Waals surface area (Å²) in [5.41, 5.74) is 2.63. The molecule has 4 aromatic rings. The first-order chi connectivity index (χ1) is 15.6. The molecule has 0 atom stereocenters. The maximum absolute atomic E-state index is 13.2. The number of fused-ring (bicyclic) bond motifs is 3. The molecule has 7 nitrogen and oxygen atoms in total. The molecular weight excluding hydrogens is 402 g/mol. The molecule has 0 aliphatic heterocycles. The summed E-state index contributed by atoms with van der Waals surface area (Å²) in [5, 5.41) is 9.04. The van der Waals surface area contributed by atoms with Crippen LogP contribution in [0.3, 0.4) is 0 Å². The number of para-hydroxylation sites is 1. The van der Waals surface area contributed by atoms with E-state index < -0.39 is 0 Å². The van der Waals surface area contributed by atoms with Crippen LogP contribution in [-0.4, -0.2) is 45.3 Å². The molecule has 2 aromatic carbocycles. The van der Waals surface area contributed by atoms with E-state index >= 15 is 0 Å². The van der Waals surface area contributed by atoms with E-state index in [4.69, 9.17) is 0 Å². The molecule has 0 aliphatic carbocycles. The standard InChI is InChI=1S/C25H29N5O2/c1-3-14-29-22-12-8-7-11-20(22)21-16-27-30(25(32)24(21)29)18-23(31)26-13-15-28(2)17-19-9-5-4-6-10-19/h4-12,16H,3,13-15,17-18H2,1-2H3,(H,26,31). The van der Waals surface area contributed by atoms with Crippen LogP contribution in [0.1, 0.15) is 18.9 Å². The average Bonchev–Trinajstić information content (AvgIpc) is 3.11. The lowest BCUT2D eigenvalue weighted by molar-refractivity contribution is -0.121. The van der Waals surface area contributed by atoms with Crippen molar-refractivity contribution >= 4 is 27.7 Å². The van der Waals surface area contributed by atoms with Gasteiger partial charge in [0.25, 0.3) is 5.56 Å². The maximum atomic E-state index is 13.2. The Hall–Kier alpha value is -3.45. The number of rotatable bonds is 9. The van der Waals surface area contributed by atoms with Crippen molar-refractivity contribution in [1.82, 2.24) is 24.6 Å². The molecular formula is C25H29N5O2. The minimum absolute atomic E-state index is 0.0924. The first-order valence-electron chi connectivity index (χ1n) is 11.0. The zero-order valence-corrected chi connectivity index (χ0v) is 18.6. The monoisotopic (exact) mass is 431 g/mol. The van der Waals surface area contributed by atoms with Crippen LogP contribution in [-0.2, 0) is 24.4 Å². The highest BCUT2D eigenvalue weighted by molar-refractivity contribution is 6.07. The van der Waals surface area contributed by atoms with Gasteiger partial charge in [0.05, 0.1) is 6.20 Å². The number of aryl methyl sites for hydroxylation is 1. The molecule has 7 heteroatoms. The van der Waals surface area contributed by atoms with Gasteiger partial charge >= 0.3 is 0 Å². The Labute approximate surface area is 187 Å². The van der Waals surface area contributed by atoms with Gasteiger partial charge < -0.3 is 14.8 Å². The van der Waals surface area contributed by atoms with Gasteiger partial charge in [-0.1, -0.05) is 55.5 Å². The van der Waals surface area contributed by atoms with Crippen LogP contribution in [0.25, 0.3) is 21.8 Å². The van der Waals surface area contributed by atoms with E-state index in [2.05, 4.69) is 34.4 Å². The van der Waals surface area contributed by atoms with Crippen LogP contribution in [0.4, 0.5) is 0 Å². The predicted octanol–water partition coefficient (Wildman–Crippen LogP) is 3.01. The van der Waals surface area contributed by atoms with Gasteiger partial charge in [-0.25, -0.2) is 4.68 Å². The smallest absolute Gasteiger partial charge is 0.291 e. The Balaban J connectivity index is 1.44. The number of nitrogens with one attached hydrogen (secondary N) is 1. The summed E-state index contributed by atoms with van der Waals surface area (Å²) in [4.78, 5) is 27.8. The highest BCUT2D eigenvalue weighted by Crippen LogP contribution is 2.26. The Bertz CT molecular complexity index is 1280. The fraction of sp³-hybridized carbons (Fsp3) is 0.320. The number of carbonyl (C=O) groups is 1. The summed E-state index contributed by atoms with van der Waals surface area (Å²) in [6.07, 6.45) is 2.61. The molecule has 4 rings (SSSR count). The predicted molar refractivity (Wildman–Crippen MR) is 128 cm³/mol. The molecule has 1 N–H and O–H groups in total. The van der Waals surface area contributed by atoms with Gasteiger partial charge in [-0.05, 0) is 25.1 Å². The molecule has 1 amide bonds. The van der Waals surface area contributed by atoms with Gasteiger partial charge in [0.15, 0.2) is 0 Å². The van der Waals surface area contributed by atoms with Crippen molar-refractivity contribution in [3.05, 3.63) is 76.7 Å². The molecule has 0 aliphatic rings. The number of hydrogen-bond acceptors (Lipinski definition) is 4. The van der Waals surface area contributed by atoms with Gasteiger partial charge in [-0.15, -0.1) is 0 Å². The number of amides is 1. The molecule has 0 unspecified atom stereocenters. The van der Waals surface area contributed by atoms with Crippen LogP contribution in [0.2, 0.25) is 0 Å². The Morgan fingerprint density at radius 3 is 2.59 bits per heavy atom. The van der Waals surface area contributed by atoms with Gasteiger partial charge in [0, 0.05) is 42.5 Å². The molecule has 0 spiro atoms. The molecule has 0 bridgehead atoms. The summed E-state index contributed by atoms with van der Waals surface area (Å²) >= 11 is 0. The first kappa shape index (κ1) is 21.8. The minimum atomic E-state index is -0.233. The van der Waals surface area contributed by atoms with Crippen molar-refractivity contribution in [2.75, 3.05) is 20.1 Å². The summed E-state index contributed by atoms with van der Waals surface area (Å²) in [7, 11) is 2.02. The highest BCUT2D eigenvalue weighted by atomic mass is 16.2. The minimum Gasteiger partial charge on any atom is -0.353 e. The van der Waals surface area contributed by atoms with Gasteiger partial charge in [-0.3, -0.25) is 9.59 Å². The van der Waals surface area contributed by atoms with Crippen molar-refractivity contribution in [3.63, 3.8) is 0 Å². The zero-order chi connectivity index (χ0) is 22.5. The van der Waals surface area contributed by atoms with E-state index in [1.54, 1.807) is 6.20 Å². The van der Waals surface area contributed by atoms with E-state index in [0.717, 1.165) is 35.8 Å². The van der Waals surface area contributed by atoms with Crippen LogP contribution >= 0.6 is 0 Å².